The minimum Gasteiger partial charge on any atom is -0.455 e. The van der Waals surface area contributed by atoms with Gasteiger partial charge in [-0.3, -0.25) is 0 Å². The van der Waals surface area contributed by atoms with Gasteiger partial charge in [-0.25, -0.2) is 0 Å². The highest BCUT2D eigenvalue weighted by Crippen LogP contribution is 2.36. The SMILES string of the molecule is C[C@H](O)c1ccc(Oc2ccc(Br)cc2Br)c(Br)c1. The predicted molar refractivity (Wildman–Crippen MR) is 86.7 cm³/mol. The van der Waals surface area contributed by atoms with E-state index in [1.54, 1.807) is 6.92 Å². The van der Waals surface area contributed by atoms with Gasteiger partial charge < -0.3 is 9.84 Å². The fourth-order valence-corrected chi connectivity index (χ4v) is 3.14. The van der Waals surface area contributed by atoms with Crippen molar-refractivity contribution in [2.24, 2.45) is 0 Å². The van der Waals surface area contributed by atoms with Gasteiger partial charge in [0.1, 0.15) is 11.5 Å². The molecule has 19 heavy (non-hydrogen) atoms. The number of hydrogen-bond donors (Lipinski definition) is 1. The van der Waals surface area contributed by atoms with Crippen molar-refractivity contribution in [2.45, 2.75) is 13.0 Å². The summed E-state index contributed by atoms with van der Waals surface area (Å²) in [5.41, 5.74) is 0.842. The van der Waals surface area contributed by atoms with Gasteiger partial charge in [-0.2, -0.15) is 0 Å². The molecule has 1 N–H and O–H groups in total. The van der Waals surface area contributed by atoms with Crippen LogP contribution in [-0.2, 0) is 0 Å². The number of halogens is 3. The molecule has 0 unspecified atom stereocenters. The van der Waals surface area contributed by atoms with Crippen LogP contribution in [0.2, 0.25) is 0 Å². The number of rotatable bonds is 3. The average Bonchev–Trinajstić information content (AvgIpc) is 2.34. The lowest BCUT2D eigenvalue weighted by molar-refractivity contribution is 0.199. The van der Waals surface area contributed by atoms with E-state index in [4.69, 9.17) is 4.74 Å². The Morgan fingerprint density at radius 1 is 0.947 bits per heavy atom. The van der Waals surface area contributed by atoms with Crippen LogP contribution < -0.4 is 4.74 Å². The zero-order valence-electron chi connectivity index (χ0n) is 10.0. The maximum Gasteiger partial charge on any atom is 0.141 e. The van der Waals surface area contributed by atoms with Crippen molar-refractivity contribution in [3.63, 3.8) is 0 Å². The Bertz CT molecular complexity index is 597. The van der Waals surface area contributed by atoms with Crippen molar-refractivity contribution >= 4 is 47.8 Å². The first-order valence-corrected chi connectivity index (χ1v) is 7.95. The second-order valence-corrected chi connectivity index (χ2v) is 6.67. The van der Waals surface area contributed by atoms with E-state index in [2.05, 4.69) is 47.8 Å². The highest BCUT2D eigenvalue weighted by molar-refractivity contribution is 9.11. The quantitative estimate of drug-likeness (QED) is 0.638. The molecule has 0 aliphatic rings. The molecule has 0 radical (unpaired) electrons. The van der Waals surface area contributed by atoms with E-state index in [-0.39, 0.29) is 0 Å². The number of hydrogen-bond acceptors (Lipinski definition) is 2. The molecule has 100 valence electrons. The van der Waals surface area contributed by atoms with Gasteiger partial charge in [-0.15, -0.1) is 0 Å². The van der Waals surface area contributed by atoms with Gasteiger partial charge in [0.25, 0.3) is 0 Å². The molecule has 0 bridgehead atoms. The monoisotopic (exact) mass is 448 g/mol. The fourth-order valence-electron chi connectivity index (χ4n) is 1.54. The molecule has 2 rings (SSSR count). The summed E-state index contributed by atoms with van der Waals surface area (Å²) in [4.78, 5) is 0. The summed E-state index contributed by atoms with van der Waals surface area (Å²) in [5, 5.41) is 9.53. The molecule has 0 spiro atoms. The lowest BCUT2D eigenvalue weighted by atomic mass is 10.1. The van der Waals surface area contributed by atoms with Crippen molar-refractivity contribution in [1.82, 2.24) is 0 Å². The molecule has 2 nitrogen and oxygen atoms in total. The number of ether oxygens (including phenoxy) is 1. The van der Waals surface area contributed by atoms with Crippen molar-refractivity contribution < 1.29 is 9.84 Å². The molecule has 0 saturated heterocycles. The molecule has 0 aromatic heterocycles. The average molecular weight is 451 g/mol. The van der Waals surface area contributed by atoms with E-state index in [9.17, 15) is 5.11 Å². The van der Waals surface area contributed by atoms with E-state index in [1.807, 2.05) is 36.4 Å². The largest absolute Gasteiger partial charge is 0.455 e. The van der Waals surface area contributed by atoms with Crippen LogP contribution in [0.4, 0.5) is 0 Å². The highest BCUT2D eigenvalue weighted by atomic mass is 79.9. The molecule has 2 aromatic rings. The Hall–Kier alpha value is -0.360. The van der Waals surface area contributed by atoms with Gasteiger partial charge in [0, 0.05) is 4.47 Å². The third kappa shape index (κ3) is 3.81. The maximum absolute atomic E-state index is 9.53. The molecule has 0 saturated carbocycles. The number of aliphatic hydroxyl groups is 1. The van der Waals surface area contributed by atoms with Crippen LogP contribution in [0.3, 0.4) is 0 Å². The van der Waals surface area contributed by atoms with Crippen molar-refractivity contribution in [3.8, 4) is 11.5 Å². The van der Waals surface area contributed by atoms with Crippen LogP contribution in [0.25, 0.3) is 0 Å². The van der Waals surface area contributed by atoms with Crippen molar-refractivity contribution in [1.29, 1.82) is 0 Å². The molecular weight excluding hydrogens is 440 g/mol. The van der Waals surface area contributed by atoms with Gasteiger partial charge in [0.2, 0.25) is 0 Å². The first kappa shape index (κ1) is 15.0. The van der Waals surface area contributed by atoms with Gasteiger partial charge in [0.05, 0.1) is 15.0 Å². The maximum atomic E-state index is 9.53. The lowest BCUT2D eigenvalue weighted by Gasteiger charge is -2.12. The minimum absolute atomic E-state index is 0.496. The van der Waals surface area contributed by atoms with E-state index < -0.39 is 6.10 Å². The Balaban J connectivity index is 2.28. The van der Waals surface area contributed by atoms with Crippen LogP contribution in [0.5, 0.6) is 11.5 Å². The van der Waals surface area contributed by atoms with Gasteiger partial charge in [0.15, 0.2) is 0 Å². The fraction of sp³-hybridized carbons (Fsp3) is 0.143. The Kier molecular flexibility index (Phi) is 5.06. The van der Waals surface area contributed by atoms with Crippen molar-refractivity contribution in [2.75, 3.05) is 0 Å². The Labute approximate surface area is 137 Å². The zero-order valence-corrected chi connectivity index (χ0v) is 14.8. The molecule has 0 heterocycles. The smallest absolute Gasteiger partial charge is 0.141 e. The third-order valence-corrected chi connectivity index (χ3v) is 4.28. The molecule has 2 aromatic carbocycles. The summed E-state index contributed by atoms with van der Waals surface area (Å²) >= 11 is 10.3. The summed E-state index contributed by atoms with van der Waals surface area (Å²) in [6, 6.07) is 11.2. The summed E-state index contributed by atoms with van der Waals surface area (Å²) in [6.07, 6.45) is -0.496. The topological polar surface area (TPSA) is 29.5 Å². The van der Waals surface area contributed by atoms with E-state index >= 15 is 0 Å². The molecule has 0 fully saturated rings. The summed E-state index contributed by atoms with van der Waals surface area (Å²) in [6.45, 7) is 1.73. The predicted octanol–water partition coefficient (Wildman–Crippen LogP) is 5.82. The molecule has 1 atom stereocenters. The van der Waals surface area contributed by atoms with Gasteiger partial charge in [-0.1, -0.05) is 22.0 Å². The lowest BCUT2D eigenvalue weighted by Crippen LogP contribution is -1.92. The molecule has 0 aliphatic heterocycles. The number of benzene rings is 2. The molecular formula is C14H11Br3O2. The summed E-state index contributed by atoms with van der Waals surface area (Å²) < 4.78 is 8.49. The summed E-state index contributed by atoms with van der Waals surface area (Å²) in [7, 11) is 0. The zero-order chi connectivity index (χ0) is 14.0. The standard InChI is InChI=1S/C14H11Br3O2/c1-8(18)9-2-4-13(11(16)6-9)19-14-5-3-10(15)7-12(14)17/h2-8,18H,1H3/t8-/m0/s1. The van der Waals surface area contributed by atoms with Crippen molar-refractivity contribution in [3.05, 3.63) is 55.4 Å². The second kappa shape index (κ2) is 6.39. The molecule has 0 aliphatic carbocycles. The minimum atomic E-state index is -0.496. The van der Waals surface area contributed by atoms with Crippen LogP contribution in [0, 0.1) is 0 Å². The van der Waals surface area contributed by atoms with Crippen LogP contribution in [0.15, 0.2) is 49.8 Å². The van der Waals surface area contributed by atoms with E-state index in [1.165, 1.54) is 0 Å². The third-order valence-electron chi connectivity index (χ3n) is 2.55. The van der Waals surface area contributed by atoms with Crippen LogP contribution >= 0.6 is 47.8 Å². The first-order valence-electron chi connectivity index (χ1n) is 5.58. The highest BCUT2D eigenvalue weighted by Gasteiger charge is 2.09. The Morgan fingerprint density at radius 3 is 2.05 bits per heavy atom. The number of aliphatic hydroxyl groups excluding tert-OH is 1. The van der Waals surface area contributed by atoms with E-state index in [0.717, 1.165) is 24.7 Å². The summed E-state index contributed by atoms with van der Waals surface area (Å²) in [5.74, 6) is 1.43. The van der Waals surface area contributed by atoms with Crippen LogP contribution in [-0.4, -0.2) is 5.11 Å². The normalized spacial score (nSPS) is 12.3. The van der Waals surface area contributed by atoms with Gasteiger partial charge in [-0.05, 0) is 74.7 Å². The first-order chi connectivity index (χ1) is 8.97. The molecule has 5 heteroatoms. The van der Waals surface area contributed by atoms with E-state index in [0.29, 0.717) is 5.75 Å². The Morgan fingerprint density at radius 2 is 1.53 bits per heavy atom. The van der Waals surface area contributed by atoms with Crippen LogP contribution in [0.1, 0.15) is 18.6 Å². The second-order valence-electron chi connectivity index (χ2n) is 4.04. The molecule has 0 amide bonds. The van der Waals surface area contributed by atoms with Gasteiger partial charge >= 0.3 is 0 Å².